The van der Waals surface area contributed by atoms with Gasteiger partial charge in [0.2, 0.25) is 3.79 Å². The molecule has 0 atom stereocenters. The highest BCUT2D eigenvalue weighted by molar-refractivity contribution is 14.1. The minimum Gasteiger partial charge on any atom is -0.370 e. The van der Waals surface area contributed by atoms with Gasteiger partial charge in [-0.3, -0.25) is 4.79 Å². The number of hydrogen-bond acceptors (Lipinski definition) is 2. The Labute approximate surface area is 60.5 Å². The van der Waals surface area contributed by atoms with Crippen LogP contribution in [0.2, 0.25) is 0 Å². The molecule has 0 fully saturated rings. The fourth-order valence-corrected chi connectivity index (χ4v) is 0.324. The first-order valence-corrected chi connectivity index (χ1v) is 2.94. The Hall–Kier alpha value is -0.330. The molecule has 0 spiro atoms. The molecular weight excluding hydrogens is 221 g/mol. The first-order chi connectivity index (χ1) is 3.63. The quantitative estimate of drug-likeness (QED) is 0.281. The fourth-order valence-electron chi connectivity index (χ4n) is 0.153. The molecule has 0 aromatic heterocycles. The van der Waals surface area contributed by atoms with Crippen molar-refractivity contribution in [2.75, 3.05) is 6.54 Å². The lowest BCUT2D eigenvalue weighted by atomic mass is 10.7. The van der Waals surface area contributed by atoms with Crippen LogP contribution in [0, 0.1) is 0 Å². The predicted molar refractivity (Wildman–Crippen MR) is 39.7 cm³/mol. The molecule has 0 aliphatic heterocycles. The Balaban J connectivity index is 3.45. The average molecular weight is 227 g/mol. The van der Waals surface area contributed by atoms with E-state index in [2.05, 4.69) is 4.99 Å². The number of aliphatic imine (C=N–C) groups is 1. The summed E-state index contributed by atoms with van der Waals surface area (Å²) >= 11 is 1.62. The van der Waals surface area contributed by atoms with Gasteiger partial charge in [0, 0.05) is 22.6 Å². The summed E-state index contributed by atoms with van der Waals surface area (Å²) in [6, 6.07) is 0. The Morgan fingerprint density at radius 3 is 2.25 bits per heavy atom. The lowest BCUT2D eigenvalue weighted by molar-refractivity contribution is -0.108. The molecule has 0 bridgehead atoms. The number of halogens is 1. The molecule has 46 valence electrons. The number of rotatable bonds is 2. The van der Waals surface area contributed by atoms with E-state index >= 15 is 0 Å². The van der Waals surface area contributed by atoms with Gasteiger partial charge in [-0.1, -0.05) is 0 Å². The third-order valence-corrected chi connectivity index (χ3v) is 0.727. The molecule has 0 saturated carbocycles. The van der Waals surface area contributed by atoms with Crippen LogP contribution in [-0.2, 0) is 4.79 Å². The Bertz CT molecular complexity index is 118. The molecule has 5 heteroatoms. The zero-order chi connectivity index (χ0) is 6.57. The molecule has 0 aliphatic rings. The monoisotopic (exact) mass is 227 g/mol. The van der Waals surface area contributed by atoms with Gasteiger partial charge in [0.15, 0.2) is 5.96 Å². The van der Waals surface area contributed by atoms with Crippen molar-refractivity contribution in [2.45, 2.75) is 0 Å². The van der Waals surface area contributed by atoms with Crippen LogP contribution in [0.3, 0.4) is 0 Å². The normalized spacial score (nSPS) is 8.12. The number of nitrogens with zero attached hydrogens (tertiary/aromatic N) is 1. The average Bonchev–Trinajstić information content (AvgIpc) is 1.61. The molecular formula is C3H6IN3O. The summed E-state index contributed by atoms with van der Waals surface area (Å²) in [6.45, 7) is 0.0723. The minimum atomic E-state index is -0.0731. The van der Waals surface area contributed by atoms with Crippen LogP contribution in [0.1, 0.15) is 0 Å². The second-order valence-electron chi connectivity index (χ2n) is 1.10. The van der Waals surface area contributed by atoms with E-state index < -0.39 is 0 Å². The van der Waals surface area contributed by atoms with Crippen LogP contribution in [0.15, 0.2) is 4.99 Å². The van der Waals surface area contributed by atoms with E-state index in [-0.39, 0.29) is 16.3 Å². The topological polar surface area (TPSA) is 81.5 Å². The molecule has 4 N–H and O–H groups in total. The number of carbonyl (C=O) groups is 1. The van der Waals surface area contributed by atoms with Crippen LogP contribution < -0.4 is 11.5 Å². The highest BCUT2D eigenvalue weighted by atomic mass is 127. The van der Waals surface area contributed by atoms with Gasteiger partial charge in [0.05, 0.1) is 0 Å². The maximum atomic E-state index is 10.1. The van der Waals surface area contributed by atoms with Gasteiger partial charge >= 0.3 is 0 Å². The third kappa shape index (κ3) is 5.67. The maximum Gasteiger partial charge on any atom is 0.213 e. The molecule has 0 aromatic rings. The molecule has 0 amide bonds. The zero-order valence-corrected chi connectivity index (χ0v) is 6.25. The molecule has 0 rings (SSSR count). The van der Waals surface area contributed by atoms with E-state index in [4.69, 9.17) is 11.5 Å². The van der Waals surface area contributed by atoms with Gasteiger partial charge in [-0.2, -0.15) is 0 Å². The first kappa shape index (κ1) is 7.67. The van der Waals surface area contributed by atoms with Gasteiger partial charge in [0.1, 0.15) is 6.54 Å². The van der Waals surface area contributed by atoms with Gasteiger partial charge in [-0.25, -0.2) is 4.99 Å². The molecule has 0 saturated heterocycles. The van der Waals surface area contributed by atoms with Crippen LogP contribution in [0.5, 0.6) is 0 Å². The number of hydrogen-bond donors (Lipinski definition) is 2. The van der Waals surface area contributed by atoms with Gasteiger partial charge in [0.25, 0.3) is 0 Å². The lowest BCUT2D eigenvalue weighted by Crippen LogP contribution is -2.23. The molecule has 0 unspecified atom stereocenters. The van der Waals surface area contributed by atoms with Crippen molar-refractivity contribution in [3.8, 4) is 0 Å². The van der Waals surface area contributed by atoms with E-state index in [1.165, 1.54) is 0 Å². The highest BCUT2D eigenvalue weighted by Crippen LogP contribution is 1.83. The van der Waals surface area contributed by atoms with Crippen molar-refractivity contribution >= 4 is 32.3 Å². The highest BCUT2D eigenvalue weighted by Gasteiger charge is 1.88. The van der Waals surface area contributed by atoms with Crippen molar-refractivity contribution in [1.82, 2.24) is 0 Å². The molecule has 0 aliphatic carbocycles. The third-order valence-electron chi connectivity index (χ3n) is 0.386. The van der Waals surface area contributed by atoms with Crippen LogP contribution in [0.25, 0.3) is 0 Å². The van der Waals surface area contributed by atoms with Crippen LogP contribution in [0.4, 0.5) is 0 Å². The molecule has 0 radical (unpaired) electrons. The summed E-state index contributed by atoms with van der Waals surface area (Å²) in [4.78, 5) is 13.6. The Morgan fingerprint density at radius 1 is 1.62 bits per heavy atom. The Morgan fingerprint density at radius 2 is 2.12 bits per heavy atom. The van der Waals surface area contributed by atoms with Crippen LogP contribution in [-0.4, -0.2) is 16.3 Å². The standard InChI is InChI=1S/C3H6IN3O/c4-2(8)1-7-3(5)6/h1H2,(H4,5,6,7). The number of nitrogens with two attached hydrogens (primary N) is 2. The fraction of sp³-hybridized carbons (Fsp3) is 0.333. The van der Waals surface area contributed by atoms with Crippen molar-refractivity contribution < 1.29 is 4.79 Å². The molecule has 8 heavy (non-hydrogen) atoms. The van der Waals surface area contributed by atoms with E-state index in [9.17, 15) is 4.79 Å². The Kier molecular flexibility index (Phi) is 3.49. The van der Waals surface area contributed by atoms with Gasteiger partial charge in [-0.05, 0) is 0 Å². The van der Waals surface area contributed by atoms with E-state index in [1.54, 1.807) is 22.6 Å². The summed E-state index contributed by atoms with van der Waals surface area (Å²) in [6.07, 6.45) is 0. The first-order valence-electron chi connectivity index (χ1n) is 1.86. The van der Waals surface area contributed by atoms with Crippen molar-refractivity contribution in [2.24, 2.45) is 16.5 Å². The van der Waals surface area contributed by atoms with E-state index in [0.717, 1.165) is 0 Å². The minimum absolute atomic E-state index is 0.0463. The second-order valence-corrected chi connectivity index (χ2v) is 2.30. The maximum absolute atomic E-state index is 10.1. The molecule has 0 aromatic carbocycles. The van der Waals surface area contributed by atoms with E-state index in [0.29, 0.717) is 0 Å². The van der Waals surface area contributed by atoms with Crippen molar-refractivity contribution in [3.63, 3.8) is 0 Å². The van der Waals surface area contributed by atoms with Crippen molar-refractivity contribution in [3.05, 3.63) is 0 Å². The van der Waals surface area contributed by atoms with Gasteiger partial charge < -0.3 is 11.5 Å². The number of carbonyl (C=O) groups excluding carboxylic acids is 1. The van der Waals surface area contributed by atoms with Crippen LogP contribution >= 0.6 is 22.6 Å². The summed E-state index contributed by atoms with van der Waals surface area (Å²) in [5.74, 6) is -0.0463. The van der Waals surface area contributed by atoms with Crippen molar-refractivity contribution in [1.29, 1.82) is 0 Å². The number of guanidine groups is 1. The smallest absolute Gasteiger partial charge is 0.213 e. The largest absolute Gasteiger partial charge is 0.370 e. The summed E-state index contributed by atoms with van der Waals surface area (Å²) in [5.41, 5.74) is 9.83. The zero-order valence-electron chi connectivity index (χ0n) is 4.10. The van der Waals surface area contributed by atoms with Gasteiger partial charge in [-0.15, -0.1) is 0 Å². The lowest BCUT2D eigenvalue weighted by Gasteiger charge is -1.85. The van der Waals surface area contributed by atoms with E-state index in [1.807, 2.05) is 0 Å². The molecule has 0 heterocycles. The summed E-state index contributed by atoms with van der Waals surface area (Å²) in [5, 5.41) is 0. The second kappa shape index (κ2) is 3.65. The SMILES string of the molecule is NC(N)=NCC(=O)I. The summed E-state index contributed by atoms with van der Waals surface area (Å²) in [7, 11) is 0. The molecule has 4 nitrogen and oxygen atoms in total. The summed E-state index contributed by atoms with van der Waals surface area (Å²) < 4.78 is -0.0731. The predicted octanol–water partition coefficient (Wildman–Crippen LogP) is -0.779.